The summed E-state index contributed by atoms with van der Waals surface area (Å²) in [6.07, 6.45) is 1.05. The SMILES string of the molecule is CCCCOC(C(C)O)C(O)CC. The summed E-state index contributed by atoms with van der Waals surface area (Å²) < 4.78 is 5.40. The summed E-state index contributed by atoms with van der Waals surface area (Å²) in [5.74, 6) is 0. The Morgan fingerprint density at radius 2 is 1.85 bits per heavy atom. The minimum atomic E-state index is -0.605. The van der Waals surface area contributed by atoms with Crippen LogP contribution in [-0.2, 0) is 4.74 Å². The van der Waals surface area contributed by atoms with E-state index in [0.717, 1.165) is 12.8 Å². The van der Waals surface area contributed by atoms with Crippen molar-refractivity contribution < 1.29 is 14.9 Å². The van der Waals surface area contributed by atoms with Crippen molar-refractivity contribution in [3.8, 4) is 0 Å². The Balaban J connectivity index is 3.80. The molecule has 0 aromatic heterocycles. The normalized spacial score (nSPS) is 18.2. The Bertz CT molecular complexity index is 115. The molecule has 0 saturated heterocycles. The average molecular weight is 190 g/mol. The molecule has 0 fully saturated rings. The quantitative estimate of drug-likeness (QED) is 0.595. The molecule has 0 aliphatic heterocycles. The van der Waals surface area contributed by atoms with Crippen molar-refractivity contribution in [3.63, 3.8) is 0 Å². The van der Waals surface area contributed by atoms with Crippen LogP contribution in [0.5, 0.6) is 0 Å². The zero-order valence-electron chi connectivity index (χ0n) is 8.86. The van der Waals surface area contributed by atoms with Crippen molar-refractivity contribution >= 4 is 0 Å². The fourth-order valence-corrected chi connectivity index (χ4v) is 1.17. The van der Waals surface area contributed by atoms with Gasteiger partial charge < -0.3 is 14.9 Å². The van der Waals surface area contributed by atoms with Crippen LogP contribution in [0.1, 0.15) is 40.0 Å². The molecule has 13 heavy (non-hydrogen) atoms. The molecule has 0 heterocycles. The second kappa shape index (κ2) is 7.30. The number of ether oxygens (including phenoxy) is 1. The van der Waals surface area contributed by atoms with Gasteiger partial charge in [-0.1, -0.05) is 20.3 Å². The summed E-state index contributed by atoms with van der Waals surface area (Å²) in [7, 11) is 0. The summed E-state index contributed by atoms with van der Waals surface area (Å²) in [6, 6.07) is 0. The van der Waals surface area contributed by atoms with Gasteiger partial charge in [-0.2, -0.15) is 0 Å². The predicted octanol–water partition coefficient (Wildman–Crippen LogP) is 1.32. The van der Waals surface area contributed by atoms with Gasteiger partial charge in [0, 0.05) is 6.61 Å². The van der Waals surface area contributed by atoms with E-state index in [1.165, 1.54) is 0 Å². The van der Waals surface area contributed by atoms with E-state index in [1.807, 2.05) is 6.92 Å². The zero-order chi connectivity index (χ0) is 10.3. The average Bonchev–Trinajstić information content (AvgIpc) is 2.11. The molecule has 0 rings (SSSR count). The molecule has 0 aliphatic carbocycles. The monoisotopic (exact) mass is 190 g/mol. The lowest BCUT2D eigenvalue weighted by molar-refractivity contribution is -0.0951. The first kappa shape index (κ1) is 12.9. The number of aliphatic hydroxyl groups is 2. The van der Waals surface area contributed by atoms with Crippen LogP contribution in [0.3, 0.4) is 0 Å². The number of hydrogen-bond acceptors (Lipinski definition) is 3. The van der Waals surface area contributed by atoms with Crippen LogP contribution in [0.15, 0.2) is 0 Å². The molecule has 2 N–H and O–H groups in total. The molecular formula is C10H22O3. The lowest BCUT2D eigenvalue weighted by atomic mass is 10.1. The van der Waals surface area contributed by atoms with Crippen LogP contribution >= 0.6 is 0 Å². The first-order chi connectivity index (χ1) is 6.13. The highest BCUT2D eigenvalue weighted by atomic mass is 16.5. The predicted molar refractivity (Wildman–Crippen MR) is 52.6 cm³/mol. The highest BCUT2D eigenvalue weighted by molar-refractivity contribution is 4.72. The molecule has 0 aromatic rings. The van der Waals surface area contributed by atoms with Crippen LogP contribution in [0, 0.1) is 0 Å². The molecule has 3 heteroatoms. The van der Waals surface area contributed by atoms with Gasteiger partial charge in [-0.15, -0.1) is 0 Å². The summed E-state index contributed by atoms with van der Waals surface area (Å²) in [4.78, 5) is 0. The smallest absolute Gasteiger partial charge is 0.109 e. The third-order valence-electron chi connectivity index (χ3n) is 2.08. The van der Waals surface area contributed by atoms with Crippen molar-refractivity contribution in [3.05, 3.63) is 0 Å². The maximum atomic E-state index is 9.50. The zero-order valence-corrected chi connectivity index (χ0v) is 8.86. The summed E-state index contributed by atoms with van der Waals surface area (Å²) in [5.41, 5.74) is 0. The maximum Gasteiger partial charge on any atom is 0.109 e. The number of rotatable bonds is 7. The Morgan fingerprint density at radius 1 is 1.23 bits per heavy atom. The fraction of sp³-hybridized carbons (Fsp3) is 1.00. The van der Waals surface area contributed by atoms with E-state index in [4.69, 9.17) is 4.74 Å². The minimum Gasteiger partial charge on any atom is -0.391 e. The summed E-state index contributed by atoms with van der Waals surface area (Å²) in [5, 5.41) is 18.8. The molecule has 3 nitrogen and oxygen atoms in total. The van der Waals surface area contributed by atoms with Gasteiger partial charge >= 0.3 is 0 Å². The Labute approximate surface area is 80.7 Å². The first-order valence-electron chi connectivity index (χ1n) is 5.11. The molecule has 0 aromatic carbocycles. The van der Waals surface area contributed by atoms with Crippen LogP contribution in [0.2, 0.25) is 0 Å². The Morgan fingerprint density at radius 3 is 2.23 bits per heavy atom. The molecule has 0 saturated carbocycles. The Kier molecular flexibility index (Phi) is 7.23. The number of unbranched alkanes of at least 4 members (excludes halogenated alkanes) is 1. The topological polar surface area (TPSA) is 49.7 Å². The van der Waals surface area contributed by atoms with Crippen LogP contribution < -0.4 is 0 Å². The van der Waals surface area contributed by atoms with Crippen molar-refractivity contribution in [1.29, 1.82) is 0 Å². The molecule has 0 bridgehead atoms. The van der Waals surface area contributed by atoms with Gasteiger partial charge in [0.25, 0.3) is 0 Å². The van der Waals surface area contributed by atoms with E-state index in [0.29, 0.717) is 13.0 Å². The third-order valence-corrected chi connectivity index (χ3v) is 2.08. The van der Waals surface area contributed by atoms with E-state index >= 15 is 0 Å². The number of hydrogen-bond donors (Lipinski definition) is 2. The van der Waals surface area contributed by atoms with Crippen molar-refractivity contribution in [2.45, 2.75) is 58.3 Å². The standard InChI is InChI=1S/C10H22O3/c1-4-6-7-13-10(8(3)11)9(12)5-2/h8-12H,4-7H2,1-3H3. The molecule has 0 amide bonds. The lowest BCUT2D eigenvalue weighted by Crippen LogP contribution is -2.38. The molecule has 3 unspecified atom stereocenters. The first-order valence-corrected chi connectivity index (χ1v) is 5.11. The molecule has 80 valence electrons. The van der Waals surface area contributed by atoms with Gasteiger partial charge in [-0.25, -0.2) is 0 Å². The summed E-state index contributed by atoms with van der Waals surface area (Å²) >= 11 is 0. The van der Waals surface area contributed by atoms with Gasteiger partial charge in [0.1, 0.15) is 6.10 Å². The van der Waals surface area contributed by atoms with Crippen molar-refractivity contribution in [1.82, 2.24) is 0 Å². The van der Waals surface area contributed by atoms with Gasteiger partial charge in [-0.05, 0) is 19.8 Å². The third kappa shape index (κ3) is 5.24. The van der Waals surface area contributed by atoms with Gasteiger partial charge in [0.15, 0.2) is 0 Å². The second-order valence-corrected chi connectivity index (χ2v) is 3.41. The van der Waals surface area contributed by atoms with E-state index in [2.05, 4.69) is 6.92 Å². The Hall–Kier alpha value is -0.120. The molecule has 0 aliphatic rings. The molecular weight excluding hydrogens is 168 g/mol. The van der Waals surface area contributed by atoms with Crippen molar-refractivity contribution in [2.75, 3.05) is 6.61 Å². The largest absolute Gasteiger partial charge is 0.391 e. The van der Waals surface area contributed by atoms with Crippen LogP contribution in [-0.4, -0.2) is 35.1 Å². The maximum absolute atomic E-state index is 9.50. The number of aliphatic hydroxyl groups excluding tert-OH is 2. The van der Waals surface area contributed by atoms with Gasteiger partial charge in [-0.3, -0.25) is 0 Å². The van der Waals surface area contributed by atoms with E-state index in [1.54, 1.807) is 6.92 Å². The highest BCUT2D eigenvalue weighted by Gasteiger charge is 2.22. The molecule has 3 atom stereocenters. The fourth-order valence-electron chi connectivity index (χ4n) is 1.17. The molecule has 0 spiro atoms. The van der Waals surface area contributed by atoms with Crippen LogP contribution in [0.4, 0.5) is 0 Å². The minimum absolute atomic E-state index is 0.434. The van der Waals surface area contributed by atoms with E-state index in [-0.39, 0.29) is 0 Å². The van der Waals surface area contributed by atoms with E-state index < -0.39 is 18.3 Å². The van der Waals surface area contributed by atoms with Gasteiger partial charge in [0.2, 0.25) is 0 Å². The lowest BCUT2D eigenvalue weighted by Gasteiger charge is -2.24. The second-order valence-electron chi connectivity index (χ2n) is 3.41. The highest BCUT2D eigenvalue weighted by Crippen LogP contribution is 2.09. The molecule has 0 radical (unpaired) electrons. The van der Waals surface area contributed by atoms with Crippen molar-refractivity contribution in [2.24, 2.45) is 0 Å². The van der Waals surface area contributed by atoms with E-state index in [9.17, 15) is 10.2 Å². The van der Waals surface area contributed by atoms with Gasteiger partial charge in [0.05, 0.1) is 12.2 Å². The summed E-state index contributed by atoms with van der Waals surface area (Å²) in [6.45, 7) is 6.22. The van der Waals surface area contributed by atoms with Crippen LogP contribution in [0.25, 0.3) is 0 Å².